The molecule has 4 heterocycles. The van der Waals surface area contributed by atoms with E-state index in [4.69, 9.17) is 31.2 Å². The average Bonchev–Trinajstić information content (AvgIpc) is 3.60. The van der Waals surface area contributed by atoms with Crippen LogP contribution in [0.5, 0.6) is 0 Å². The van der Waals surface area contributed by atoms with E-state index >= 15 is 0 Å². The predicted octanol–water partition coefficient (Wildman–Crippen LogP) is 6.47. The van der Waals surface area contributed by atoms with Gasteiger partial charge in [-0.1, -0.05) is 23.7 Å². The number of amides is 1. The summed E-state index contributed by atoms with van der Waals surface area (Å²) in [6.45, 7) is 10.1. The zero-order valence-corrected chi connectivity index (χ0v) is 28.5. The summed E-state index contributed by atoms with van der Waals surface area (Å²) in [6, 6.07) is 15.6. The standard InChI is InChI=1S/C35H36ClN5O5S/c1-19-14-25-31(29(20-6-9-22(36)10-7-20)28(19)30(34(43)44)46-35(2,3)4)47-33(37-25)21-8-11-26-24(15-21)32(38-39(26)5)40-12-13-41-23(16-40)17-45-18-27(41)42/h6-11,14-15,23,30H,12-13,16-18H2,1-5H3,(H,43,44)/t23-,30-/m0/s1. The van der Waals surface area contributed by atoms with Gasteiger partial charge in [0, 0.05) is 53.8 Å². The Kier molecular flexibility index (Phi) is 7.99. The second-order valence-corrected chi connectivity index (χ2v) is 14.6. The molecule has 3 aromatic carbocycles. The molecule has 2 aliphatic rings. The van der Waals surface area contributed by atoms with Crippen molar-refractivity contribution in [3.8, 4) is 21.7 Å². The van der Waals surface area contributed by atoms with Crippen LogP contribution in [0.1, 0.15) is 38.0 Å². The second-order valence-electron chi connectivity index (χ2n) is 13.2. The van der Waals surface area contributed by atoms with E-state index in [0.29, 0.717) is 36.8 Å². The minimum Gasteiger partial charge on any atom is -0.479 e. The molecule has 10 nitrogen and oxygen atoms in total. The van der Waals surface area contributed by atoms with Crippen molar-refractivity contribution < 1.29 is 24.2 Å². The van der Waals surface area contributed by atoms with Gasteiger partial charge in [-0.3, -0.25) is 9.48 Å². The van der Waals surface area contributed by atoms with Crippen molar-refractivity contribution in [3.05, 3.63) is 64.7 Å². The first-order chi connectivity index (χ1) is 22.4. The lowest BCUT2D eigenvalue weighted by atomic mass is 9.91. The van der Waals surface area contributed by atoms with Gasteiger partial charge >= 0.3 is 5.97 Å². The maximum Gasteiger partial charge on any atom is 0.337 e. The summed E-state index contributed by atoms with van der Waals surface area (Å²) >= 11 is 7.79. The molecule has 12 heteroatoms. The topological polar surface area (TPSA) is 110 Å². The number of hydrogen-bond acceptors (Lipinski definition) is 8. The highest BCUT2D eigenvalue weighted by Crippen LogP contribution is 2.45. The Morgan fingerprint density at radius 1 is 1.13 bits per heavy atom. The number of anilines is 1. The van der Waals surface area contributed by atoms with Crippen molar-refractivity contribution in [3.63, 3.8) is 0 Å². The smallest absolute Gasteiger partial charge is 0.337 e. The number of piperazine rings is 1. The highest BCUT2D eigenvalue weighted by Gasteiger charge is 2.36. The third-order valence-electron chi connectivity index (χ3n) is 8.73. The van der Waals surface area contributed by atoms with Crippen LogP contribution in [0.25, 0.3) is 42.8 Å². The van der Waals surface area contributed by atoms with Crippen LogP contribution >= 0.6 is 22.9 Å². The molecule has 1 amide bonds. The zero-order chi connectivity index (χ0) is 33.2. The first-order valence-electron chi connectivity index (χ1n) is 15.6. The van der Waals surface area contributed by atoms with E-state index in [1.807, 2.05) is 74.7 Å². The first-order valence-corrected chi connectivity index (χ1v) is 16.8. The normalized spacial score (nSPS) is 17.8. The Morgan fingerprint density at radius 2 is 1.87 bits per heavy atom. The number of halogens is 1. The number of morpholine rings is 1. The van der Waals surface area contributed by atoms with E-state index < -0.39 is 17.7 Å². The molecule has 0 radical (unpaired) electrons. The van der Waals surface area contributed by atoms with E-state index in [2.05, 4.69) is 23.1 Å². The number of fused-ring (bicyclic) bond motifs is 3. The number of aryl methyl sites for hydroxylation is 2. The lowest BCUT2D eigenvalue weighted by Gasteiger charge is -2.43. The Bertz CT molecular complexity index is 2030. The molecule has 2 aromatic heterocycles. The Labute approximate surface area is 281 Å². The molecular formula is C35H36ClN5O5S. The summed E-state index contributed by atoms with van der Waals surface area (Å²) in [5.74, 6) is -0.144. The summed E-state index contributed by atoms with van der Waals surface area (Å²) in [7, 11) is 1.94. The number of benzene rings is 3. The molecule has 2 atom stereocenters. The van der Waals surface area contributed by atoms with Gasteiger partial charge in [0.1, 0.15) is 11.6 Å². The molecule has 0 unspecified atom stereocenters. The van der Waals surface area contributed by atoms with E-state index in [1.165, 1.54) is 11.3 Å². The Morgan fingerprint density at radius 3 is 2.60 bits per heavy atom. The van der Waals surface area contributed by atoms with Gasteiger partial charge in [-0.05, 0) is 75.2 Å². The number of hydrogen-bond donors (Lipinski definition) is 1. The number of ether oxygens (including phenoxy) is 2. The van der Waals surface area contributed by atoms with Crippen LogP contribution < -0.4 is 4.90 Å². The molecule has 2 saturated heterocycles. The highest BCUT2D eigenvalue weighted by molar-refractivity contribution is 7.22. The fourth-order valence-corrected chi connectivity index (χ4v) is 7.91. The lowest BCUT2D eigenvalue weighted by molar-refractivity contribution is -0.160. The first kappa shape index (κ1) is 31.6. The monoisotopic (exact) mass is 673 g/mol. The van der Waals surface area contributed by atoms with Gasteiger partial charge in [-0.2, -0.15) is 5.10 Å². The number of aromatic nitrogens is 3. The molecule has 244 valence electrons. The van der Waals surface area contributed by atoms with Crippen LogP contribution in [-0.4, -0.2) is 81.1 Å². The summed E-state index contributed by atoms with van der Waals surface area (Å²) in [6.07, 6.45) is -1.18. The van der Waals surface area contributed by atoms with E-state index in [0.717, 1.165) is 54.2 Å². The van der Waals surface area contributed by atoms with Crippen LogP contribution in [-0.2, 0) is 26.1 Å². The number of carbonyl (C=O) groups is 2. The zero-order valence-electron chi connectivity index (χ0n) is 26.9. The van der Waals surface area contributed by atoms with Crippen LogP contribution in [0.15, 0.2) is 48.5 Å². The van der Waals surface area contributed by atoms with Gasteiger partial charge in [0.25, 0.3) is 0 Å². The lowest BCUT2D eigenvalue weighted by Crippen LogP contribution is -2.60. The number of carbonyl (C=O) groups excluding carboxylic acids is 1. The molecular weight excluding hydrogens is 638 g/mol. The summed E-state index contributed by atoms with van der Waals surface area (Å²) < 4.78 is 14.5. The van der Waals surface area contributed by atoms with Crippen molar-refractivity contribution in [2.24, 2.45) is 7.05 Å². The quantitative estimate of drug-likeness (QED) is 0.219. The van der Waals surface area contributed by atoms with E-state index in [1.54, 1.807) is 0 Å². The predicted molar refractivity (Wildman–Crippen MR) is 184 cm³/mol. The largest absolute Gasteiger partial charge is 0.479 e. The van der Waals surface area contributed by atoms with Gasteiger partial charge in [0.2, 0.25) is 5.91 Å². The fourth-order valence-electron chi connectivity index (χ4n) is 6.66. The van der Waals surface area contributed by atoms with Gasteiger partial charge in [-0.15, -0.1) is 11.3 Å². The maximum absolute atomic E-state index is 12.7. The average molecular weight is 674 g/mol. The van der Waals surface area contributed by atoms with Crippen molar-refractivity contribution >= 4 is 61.8 Å². The van der Waals surface area contributed by atoms with Crippen LogP contribution in [0.4, 0.5) is 5.82 Å². The minimum absolute atomic E-state index is 0.00452. The highest BCUT2D eigenvalue weighted by atomic mass is 35.5. The van der Waals surface area contributed by atoms with Gasteiger partial charge < -0.3 is 24.4 Å². The number of thiazole rings is 1. The molecule has 0 aliphatic carbocycles. The van der Waals surface area contributed by atoms with Gasteiger partial charge in [-0.25, -0.2) is 9.78 Å². The maximum atomic E-state index is 12.7. The van der Waals surface area contributed by atoms with Crippen molar-refractivity contribution in [1.29, 1.82) is 0 Å². The number of rotatable bonds is 6. The Hall–Kier alpha value is -4.03. The SMILES string of the molecule is Cc1cc2nc(-c3ccc4c(c3)c(N3CCN5C(=O)COC[C@@H]5C3)nn4C)sc2c(-c2ccc(Cl)cc2)c1[C@H](OC(C)(C)C)C(=O)O. The van der Waals surface area contributed by atoms with Crippen molar-refractivity contribution in [2.45, 2.75) is 45.4 Å². The second kappa shape index (κ2) is 11.9. The number of aliphatic carboxylic acids is 1. The molecule has 0 bridgehead atoms. The number of carboxylic acid groups (broad SMARTS) is 1. The van der Waals surface area contributed by atoms with Crippen molar-refractivity contribution in [1.82, 2.24) is 19.7 Å². The third kappa shape index (κ3) is 5.86. The summed E-state index contributed by atoms with van der Waals surface area (Å²) in [5.41, 5.74) is 5.02. The van der Waals surface area contributed by atoms with E-state index in [9.17, 15) is 14.7 Å². The Balaban J connectivity index is 1.35. The summed E-state index contributed by atoms with van der Waals surface area (Å²) in [5, 5.41) is 17.7. The summed E-state index contributed by atoms with van der Waals surface area (Å²) in [4.78, 5) is 34.3. The molecule has 7 rings (SSSR count). The molecule has 2 fully saturated rings. The van der Waals surface area contributed by atoms with Gasteiger partial charge in [0.15, 0.2) is 11.9 Å². The van der Waals surface area contributed by atoms with E-state index in [-0.39, 0.29) is 18.6 Å². The minimum atomic E-state index is -1.18. The number of nitrogens with zero attached hydrogens (tertiary/aromatic N) is 5. The molecule has 1 N–H and O–H groups in total. The van der Waals surface area contributed by atoms with Gasteiger partial charge in [0.05, 0.1) is 34.0 Å². The molecule has 47 heavy (non-hydrogen) atoms. The molecule has 2 aliphatic heterocycles. The number of carboxylic acids is 1. The van der Waals surface area contributed by atoms with Crippen molar-refractivity contribution in [2.75, 3.05) is 37.7 Å². The van der Waals surface area contributed by atoms with Crippen LogP contribution in [0.3, 0.4) is 0 Å². The molecule has 0 spiro atoms. The third-order valence-corrected chi connectivity index (χ3v) is 10.1. The fraction of sp³-hybridized carbons (Fsp3) is 0.371. The molecule has 5 aromatic rings. The van der Waals surface area contributed by atoms with Crippen LogP contribution in [0, 0.1) is 6.92 Å². The van der Waals surface area contributed by atoms with Crippen LogP contribution in [0.2, 0.25) is 5.02 Å². The molecule has 0 saturated carbocycles.